The molecule has 0 spiro atoms. The molecule has 0 unspecified atom stereocenters. The number of rotatable bonds is 4. The molecular formula is C15H23N5. The Labute approximate surface area is 120 Å². The van der Waals surface area contributed by atoms with Gasteiger partial charge in [-0.15, -0.1) is 5.10 Å². The number of aryl methyl sites for hydroxylation is 1. The van der Waals surface area contributed by atoms with Crippen molar-refractivity contribution in [3.05, 3.63) is 23.9 Å². The summed E-state index contributed by atoms with van der Waals surface area (Å²) in [5.74, 6) is 0.758. The molecule has 3 heterocycles. The van der Waals surface area contributed by atoms with E-state index in [0.717, 1.165) is 17.2 Å². The number of aromatic nitrogens is 3. The minimum atomic E-state index is 0.501. The molecule has 1 fully saturated rings. The Bertz CT molecular complexity index is 569. The minimum Gasteiger partial charge on any atom is -0.350 e. The molecular weight excluding hydrogens is 250 g/mol. The predicted octanol–water partition coefficient (Wildman–Crippen LogP) is 2.32. The van der Waals surface area contributed by atoms with Crippen molar-refractivity contribution < 1.29 is 0 Å². The van der Waals surface area contributed by atoms with Gasteiger partial charge in [-0.2, -0.15) is 4.98 Å². The van der Waals surface area contributed by atoms with Gasteiger partial charge in [0.1, 0.15) is 0 Å². The van der Waals surface area contributed by atoms with Crippen LogP contribution in [-0.2, 0) is 0 Å². The van der Waals surface area contributed by atoms with Crippen LogP contribution in [0, 0.1) is 6.92 Å². The fourth-order valence-corrected chi connectivity index (χ4v) is 2.90. The van der Waals surface area contributed by atoms with E-state index < -0.39 is 0 Å². The van der Waals surface area contributed by atoms with E-state index in [-0.39, 0.29) is 0 Å². The first kappa shape index (κ1) is 13.4. The zero-order valence-electron chi connectivity index (χ0n) is 12.3. The standard InChI is InChI=1S/C15H23N5/c1-3-8-19-10-6-13(7-11-19)16-15-17-14-12(2)5-4-9-20(14)18-15/h4-5,9,13H,3,6-8,10-11H2,1-2H3,(H,16,18). The van der Waals surface area contributed by atoms with Gasteiger partial charge in [0.15, 0.2) is 5.65 Å². The van der Waals surface area contributed by atoms with Gasteiger partial charge in [0, 0.05) is 25.3 Å². The van der Waals surface area contributed by atoms with Crippen LogP contribution in [0.25, 0.3) is 5.65 Å². The summed E-state index contributed by atoms with van der Waals surface area (Å²) in [6.07, 6.45) is 5.54. The lowest BCUT2D eigenvalue weighted by molar-refractivity contribution is 0.219. The largest absolute Gasteiger partial charge is 0.350 e. The van der Waals surface area contributed by atoms with E-state index in [0.29, 0.717) is 6.04 Å². The number of piperidine rings is 1. The molecule has 0 aliphatic carbocycles. The number of likely N-dealkylation sites (tertiary alicyclic amines) is 1. The number of anilines is 1. The summed E-state index contributed by atoms with van der Waals surface area (Å²) < 4.78 is 1.85. The zero-order valence-corrected chi connectivity index (χ0v) is 12.3. The van der Waals surface area contributed by atoms with Gasteiger partial charge in [0.05, 0.1) is 0 Å². The number of pyridine rings is 1. The van der Waals surface area contributed by atoms with E-state index >= 15 is 0 Å². The second-order valence-corrected chi connectivity index (χ2v) is 5.66. The van der Waals surface area contributed by atoms with Gasteiger partial charge in [0.2, 0.25) is 5.95 Å². The highest BCUT2D eigenvalue weighted by Crippen LogP contribution is 2.16. The quantitative estimate of drug-likeness (QED) is 0.928. The highest BCUT2D eigenvalue weighted by atomic mass is 15.3. The fourth-order valence-electron chi connectivity index (χ4n) is 2.90. The highest BCUT2D eigenvalue weighted by molar-refractivity contribution is 5.49. The third kappa shape index (κ3) is 2.77. The molecule has 0 atom stereocenters. The van der Waals surface area contributed by atoms with E-state index in [9.17, 15) is 0 Å². The van der Waals surface area contributed by atoms with Crippen LogP contribution in [0.4, 0.5) is 5.95 Å². The van der Waals surface area contributed by atoms with Crippen molar-refractivity contribution in [3.63, 3.8) is 0 Å². The Kier molecular flexibility index (Phi) is 3.87. The molecule has 20 heavy (non-hydrogen) atoms. The number of fused-ring (bicyclic) bond motifs is 1. The number of hydrogen-bond acceptors (Lipinski definition) is 4. The average molecular weight is 273 g/mol. The molecule has 1 N–H and O–H groups in total. The van der Waals surface area contributed by atoms with E-state index in [2.05, 4.69) is 40.2 Å². The normalized spacial score (nSPS) is 17.7. The van der Waals surface area contributed by atoms with Crippen molar-refractivity contribution in [2.75, 3.05) is 25.0 Å². The summed E-state index contributed by atoms with van der Waals surface area (Å²) in [6, 6.07) is 4.57. The van der Waals surface area contributed by atoms with E-state index in [1.54, 1.807) is 0 Å². The van der Waals surface area contributed by atoms with Crippen LogP contribution in [0.1, 0.15) is 31.7 Å². The molecule has 0 aromatic carbocycles. The zero-order chi connectivity index (χ0) is 13.9. The SMILES string of the molecule is CCCN1CCC(Nc2nc3c(C)cccn3n2)CC1. The molecule has 1 aliphatic heterocycles. The smallest absolute Gasteiger partial charge is 0.243 e. The van der Waals surface area contributed by atoms with E-state index in [1.165, 1.54) is 38.9 Å². The van der Waals surface area contributed by atoms with Gasteiger partial charge in [-0.1, -0.05) is 13.0 Å². The monoisotopic (exact) mass is 273 g/mol. The van der Waals surface area contributed by atoms with Crippen molar-refractivity contribution in [2.24, 2.45) is 0 Å². The molecule has 5 heteroatoms. The molecule has 0 bridgehead atoms. The maximum Gasteiger partial charge on any atom is 0.243 e. The highest BCUT2D eigenvalue weighted by Gasteiger charge is 2.19. The van der Waals surface area contributed by atoms with Crippen LogP contribution in [0.5, 0.6) is 0 Å². The van der Waals surface area contributed by atoms with E-state index in [4.69, 9.17) is 0 Å². The summed E-state index contributed by atoms with van der Waals surface area (Å²) in [4.78, 5) is 7.13. The summed E-state index contributed by atoms with van der Waals surface area (Å²) in [7, 11) is 0. The molecule has 2 aromatic heterocycles. The first-order valence-corrected chi connectivity index (χ1v) is 7.57. The number of nitrogens with zero attached hydrogens (tertiary/aromatic N) is 4. The maximum absolute atomic E-state index is 4.59. The Morgan fingerprint density at radius 3 is 2.85 bits per heavy atom. The first-order chi connectivity index (χ1) is 9.76. The van der Waals surface area contributed by atoms with Crippen molar-refractivity contribution in [1.82, 2.24) is 19.5 Å². The van der Waals surface area contributed by atoms with Crippen LogP contribution >= 0.6 is 0 Å². The van der Waals surface area contributed by atoms with Gasteiger partial charge in [-0.25, -0.2) is 4.52 Å². The predicted molar refractivity (Wildman–Crippen MR) is 81.1 cm³/mol. The van der Waals surface area contributed by atoms with Crippen LogP contribution < -0.4 is 5.32 Å². The first-order valence-electron chi connectivity index (χ1n) is 7.57. The van der Waals surface area contributed by atoms with Gasteiger partial charge >= 0.3 is 0 Å². The van der Waals surface area contributed by atoms with Crippen molar-refractivity contribution >= 4 is 11.6 Å². The average Bonchev–Trinajstić information content (AvgIpc) is 2.85. The number of nitrogens with one attached hydrogen (secondary N) is 1. The molecule has 1 aliphatic rings. The molecule has 3 rings (SSSR count). The van der Waals surface area contributed by atoms with Crippen molar-refractivity contribution in [3.8, 4) is 0 Å². The second kappa shape index (κ2) is 5.79. The summed E-state index contributed by atoms with van der Waals surface area (Å²) in [6.45, 7) is 7.89. The maximum atomic E-state index is 4.59. The third-order valence-electron chi connectivity index (χ3n) is 4.02. The lowest BCUT2D eigenvalue weighted by Crippen LogP contribution is -2.39. The molecule has 0 radical (unpaired) electrons. The molecule has 108 valence electrons. The van der Waals surface area contributed by atoms with Gasteiger partial charge in [-0.3, -0.25) is 0 Å². The molecule has 1 saturated heterocycles. The molecule has 0 saturated carbocycles. The second-order valence-electron chi connectivity index (χ2n) is 5.66. The lowest BCUT2D eigenvalue weighted by atomic mass is 10.1. The molecule has 5 nitrogen and oxygen atoms in total. The Hall–Kier alpha value is -1.62. The Morgan fingerprint density at radius 1 is 1.35 bits per heavy atom. The van der Waals surface area contributed by atoms with Gasteiger partial charge in [-0.05, 0) is 44.4 Å². The van der Waals surface area contributed by atoms with Gasteiger partial charge in [0.25, 0.3) is 0 Å². The van der Waals surface area contributed by atoms with Crippen molar-refractivity contribution in [2.45, 2.75) is 39.2 Å². The third-order valence-corrected chi connectivity index (χ3v) is 4.02. The van der Waals surface area contributed by atoms with Crippen LogP contribution in [0.3, 0.4) is 0 Å². The van der Waals surface area contributed by atoms with Crippen LogP contribution in [0.2, 0.25) is 0 Å². The van der Waals surface area contributed by atoms with E-state index in [1.807, 2.05) is 16.8 Å². The minimum absolute atomic E-state index is 0.501. The Morgan fingerprint density at radius 2 is 2.15 bits per heavy atom. The fraction of sp³-hybridized carbons (Fsp3) is 0.600. The molecule has 0 amide bonds. The Balaban J connectivity index is 1.64. The summed E-state index contributed by atoms with van der Waals surface area (Å²) >= 11 is 0. The van der Waals surface area contributed by atoms with Gasteiger partial charge < -0.3 is 10.2 Å². The number of hydrogen-bond donors (Lipinski definition) is 1. The molecule has 2 aromatic rings. The summed E-state index contributed by atoms with van der Waals surface area (Å²) in [5.41, 5.74) is 2.10. The van der Waals surface area contributed by atoms with Crippen molar-refractivity contribution in [1.29, 1.82) is 0 Å². The summed E-state index contributed by atoms with van der Waals surface area (Å²) in [5, 5.41) is 7.99. The topological polar surface area (TPSA) is 45.5 Å². The van der Waals surface area contributed by atoms with Crippen LogP contribution in [-0.4, -0.2) is 45.2 Å². The lowest BCUT2D eigenvalue weighted by Gasteiger charge is -2.31. The van der Waals surface area contributed by atoms with Crippen LogP contribution in [0.15, 0.2) is 18.3 Å².